The number of nitrogens with zero attached hydrogens (tertiary/aromatic N) is 1. The van der Waals surface area contributed by atoms with Crippen molar-refractivity contribution in [3.05, 3.63) is 59.7 Å². The number of aliphatic hydroxyl groups excluding tert-OH is 1. The smallest absolute Gasteiger partial charge is 0.490 e. The molecule has 0 aliphatic heterocycles. The van der Waals surface area contributed by atoms with Gasteiger partial charge in [-0.15, -0.1) is 0 Å². The fourth-order valence-electron chi connectivity index (χ4n) is 3.94. The van der Waals surface area contributed by atoms with Gasteiger partial charge in [0.2, 0.25) is 5.91 Å². The van der Waals surface area contributed by atoms with Crippen LogP contribution in [-0.2, 0) is 27.2 Å². The summed E-state index contributed by atoms with van der Waals surface area (Å²) in [6, 6.07) is 14.0. The molecule has 0 bridgehead atoms. The standard InChI is InChI=1S/C27H37N3O5.C2HF3O2/c1-18(2)12-21(17-31)14-23(32)22(13-19-8-6-5-7-9-19)29-27(28)30-26(33)16-20-10-11-24(34-3)25(15-20)35-4;3-2(4,5)1(6)7/h5-11,15,18,21-22,31H,12-14,16-17H2,1-4H3,(H3,28,29,30,33);(H,6,7)/t21-,22+;/m0./s1. The third-order valence-corrected chi connectivity index (χ3v) is 5.81. The van der Waals surface area contributed by atoms with Gasteiger partial charge in [-0.05, 0) is 41.5 Å². The molecule has 0 aliphatic rings. The van der Waals surface area contributed by atoms with E-state index in [1.165, 1.54) is 7.11 Å². The number of amides is 1. The Labute approximate surface area is 242 Å². The number of Topliss-reactive ketones (excluding diaryl/α,β-unsaturated/α-hetero) is 1. The van der Waals surface area contributed by atoms with E-state index < -0.39 is 18.2 Å². The number of halogens is 3. The Kier molecular flexibility index (Phi) is 15.1. The van der Waals surface area contributed by atoms with Crippen molar-refractivity contribution in [3.8, 4) is 11.5 Å². The molecule has 2 rings (SSSR count). The predicted molar refractivity (Wildman–Crippen MR) is 150 cm³/mol. The maximum atomic E-state index is 13.1. The van der Waals surface area contributed by atoms with E-state index in [0.29, 0.717) is 29.4 Å². The molecule has 232 valence electrons. The highest BCUT2D eigenvalue weighted by Crippen LogP contribution is 2.27. The monoisotopic (exact) mass is 597 g/mol. The molecule has 42 heavy (non-hydrogen) atoms. The quantitative estimate of drug-likeness (QED) is 0.202. The lowest BCUT2D eigenvalue weighted by Gasteiger charge is -2.19. The van der Waals surface area contributed by atoms with Gasteiger partial charge < -0.3 is 25.4 Å². The number of aliphatic imine (C=N–C) groups is 1. The molecule has 0 heterocycles. The van der Waals surface area contributed by atoms with Crippen molar-refractivity contribution in [2.24, 2.45) is 22.6 Å². The number of ether oxygens (including phenoxy) is 2. The van der Waals surface area contributed by atoms with Gasteiger partial charge in [-0.3, -0.25) is 14.9 Å². The van der Waals surface area contributed by atoms with Crippen molar-refractivity contribution in [1.29, 1.82) is 0 Å². The molecule has 0 aromatic heterocycles. The van der Waals surface area contributed by atoms with Crippen molar-refractivity contribution in [2.45, 2.75) is 51.7 Å². The molecule has 0 aliphatic carbocycles. The summed E-state index contributed by atoms with van der Waals surface area (Å²) in [6.45, 7) is 4.04. The molecule has 2 atom stereocenters. The van der Waals surface area contributed by atoms with Crippen molar-refractivity contribution in [2.75, 3.05) is 20.8 Å². The maximum absolute atomic E-state index is 13.1. The summed E-state index contributed by atoms with van der Waals surface area (Å²) in [5, 5.41) is 19.4. The highest BCUT2D eigenvalue weighted by atomic mass is 19.4. The number of carbonyl (C=O) groups excluding carboxylic acids is 2. The van der Waals surface area contributed by atoms with E-state index in [0.717, 1.165) is 12.0 Å². The molecule has 2 aromatic rings. The number of carboxylic acid groups (broad SMARTS) is 1. The van der Waals surface area contributed by atoms with Gasteiger partial charge in [0.25, 0.3) is 0 Å². The number of alkyl halides is 3. The average molecular weight is 598 g/mol. The maximum Gasteiger partial charge on any atom is 0.490 e. The molecular weight excluding hydrogens is 559 g/mol. The zero-order valence-electron chi connectivity index (χ0n) is 24.0. The summed E-state index contributed by atoms with van der Waals surface area (Å²) in [4.78, 5) is 39.0. The van der Waals surface area contributed by atoms with Crippen LogP contribution in [0, 0.1) is 11.8 Å². The first-order valence-corrected chi connectivity index (χ1v) is 13.0. The summed E-state index contributed by atoms with van der Waals surface area (Å²) in [7, 11) is 3.07. The Hall–Kier alpha value is -4.13. The number of ketones is 1. The lowest BCUT2D eigenvalue weighted by Crippen LogP contribution is -2.40. The molecule has 13 heteroatoms. The van der Waals surface area contributed by atoms with E-state index in [1.807, 2.05) is 30.3 Å². The van der Waals surface area contributed by atoms with Crippen LogP contribution in [0.5, 0.6) is 11.5 Å². The number of rotatable bonds is 13. The summed E-state index contributed by atoms with van der Waals surface area (Å²) in [5.41, 5.74) is 7.68. The zero-order valence-corrected chi connectivity index (χ0v) is 24.0. The van der Waals surface area contributed by atoms with Crippen LogP contribution in [0.3, 0.4) is 0 Å². The Morgan fingerprint density at radius 1 is 1.00 bits per heavy atom. The van der Waals surface area contributed by atoms with Crippen LogP contribution in [0.2, 0.25) is 0 Å². The fourth-order valence-corrected chi connectivity index (χ4v) is 3.94. The normalized spacial score (nSPS) is 12.9. The molecule has 0 spiro atoms. The minimum atomic E-state index is -5.08. The number of hydrogen-bond acceptors (Lipinski definition) is 7. The number of guanidine groups is 1. The van der Waals surface area contributed by atoms with Gasteiger partial charge in [-0.25, -0.2) is 9.79 Å². The fraction of sp³-hybridized carbons (Fsp3) is 0.448. The third-order valence-electron chi connectivity index (χ3n) is 5.81. The molecule has 0 saturated carbocycles. The molecular formula is C29H38F3N3O7. The summed E-state index contributed by atoms with van der Waals surface area (Å²) < 4.78 is 42.2. The zero-order chi connectivity index (χ0) is 31.9. The van der Waals surface area contributed by atoms with E-state index in [2.05, 4.69) is 24.2 Å². The van der Waals surface area contributed by atoms with Crippen LogP contribution in [-0.4, -0.2) is 66.9 Å². The second-order valence-electron chi connectivity index (χ2n) is 9.79. The minimum absolute atomic E-state index is 0.0504. The van der Waals surface area contributed by atoms with Crippen LogP contribution < -0.4 is 20.5 Å². The first-order chi connectivity index (χ1) is 19.7. The number of carboxylic acids is 1. The van der Waals surface area contributed by atoms with Crippen molar-refractivity contribution in [3.63, 3.8) is 0 Å². The van der Waals surface area contributed by atoms with Crippen LogP contribution in [0.15, 0.2) is 53.5 Å². The minimum Gasteiger partial charge on any atom is -0.493 e. The number of benzene rings is 2. The molecule has 0 radical (unpaired) electrons. The molecule has 10 nitrogen and oxygen atoms in total. The summed E-state index contributed by atoms with van der Waals surface area (Å²) >= 11 is 0. The SMILES string of the molecule is COc1ccc(CC(=O)NC(N)=N[C@H](Cc2ccccc2)C(=O)C[C@@H](CO)CC(C)C)cc1OC.O=C(O)C(F)(F)F. The molecule has 0 fully saturated rings. The second-order valence-corrected chi connectivity index (χ2v) is 9.79. The van der Waals surface area contributed by atoms with E-state index in [4.69, 9.17) is 25.1 Å². The Balaban J connectivity index is 0.00000112. The van der Waals surface area contributed by atoms with Gasteiger partial charge in [-0.1, -0.05) is 50.2 Å². The van der Waals surface area contributed by atoms with Gasteiger partial charge in [0.1, 0.15) is 6.04 Å². The number of aliphatic hydroxyl groups is 1. The molecule has 0 saturated heterocycles. The van der Waals surface area contributed by atoms with Gasteiger partial charge >= 0.3 is 12.1 Å². The van der Waals surface area contributed by atoms with Gasteiger partial charge in [-0.2, -0.15) is 13.2 Å². The number of nitrogens with one attached hydrogen (secondary N) is 1. The first kappa shape index (κ1) is 35.9. The number of aliphatic carboxylic acids is 1. The predicted octanol–water partition coefficient (Wildman–Crippen LogP) is 3.54. The third kappa shape index (κ3) is 13.5. The Morgan fingerprint density at radius 3 is 2.10 bits per heavy atom. The number of hydrogen-bond donors (Lipinski definition) is 4. The van der Waals surface area contributed by atoms with Gasteiger partial charge in [0, 0.05) is 19.4 Å². The lowest BCUT2D eigenvalue weighted by atomic mass is 9.90. The lowest BCUT2D eigenvalue weighted by molar-refractivity contribution is -0.192. The van der Waals surface area contributed by atoms with Crippen LogP contribution in [0.4, 0.5) is 13.2 Å². The van der Waals surface area contributed by atoms with E-state index in [9.17, 15) is 27.9 Å². The van der Waals surface area contributed by atoms with Gasteiger partial charge in [0.15, 0.2) is 23.2 Å². The van der Waals surface area contributed by atoms with E-state index in [1.54, 1.807) is 25.3 Å². The highest BCUT2D eigenvalue weighted by Gasteiger charge is 2.38. The largest absolute Gasteiger partial charge is 0.493 e. The second kappa shape index (κ2) is 17.6. The molecule has 1 amide bonds. The summed E-state index contributed by atoms with van der Waals surface area (Å²) in [6.07, 6.45) is -3.75. The first-order valence-electron chi connectivity index (χ1n) is 13.0. The molecule has 5 N–H and O–H groups in total. The van der Waals surface area contributed by atoms with Crippen molar-refractivity contribution in [1.82, 2.24) is 5.32 Å². The van der Waals surface area contributed by atoms with Crippen LogP contribution in [0.25, 0.3) is 0 Å². The van der Waals surface area contributed by atoms with Crippen molar-refractivity contribution < 1.29 is 47.2 Å². The Morgan fingerprint density at radius 2 is 1.60 bits per heavy atom. The van der Waals surface area contributed by atoms with Gasteiger partial charge in [0.05, 0.1) is 20.6 Å². The van der Waals surface area contributed by atoms with Crippen LogP contribution in [0.1, 0.15) is 37.8 Å². The molecule has 2 aromatic carbocycles. The number of nitrogens with two attached hydrogens (primary N) is 1. The molecule has 0 unspecified atom stereocenters. The highest BCUT2D eigenvalue weighted by molar-refractivity contribution is 5.98. The number of carbonyl (C=O) groups is 3. The number of methoxy groups -OCH3 is 2. The van der Waals surface area contributed by atoms with Crippen LogP contribution >= 0.6 is 0 Å². The summed E-state index contributed by atoms with van der Waals surface area (Å²) in [5.74, 6) is -2.05. The van der Waals surface area contributed by atoms with E-state index in [-0.39, 0.29) is 43.0 Å². The van der Waals surface area contributed by atoms with E-state index >= 15 is 0 Å². The average Bonchev–Trinajstić information content (AvgIpc) is 2.92. The topological polar surface area (TPSA) is 161 Å². The Bertz CT molecular complexity index is 1190. The van der Waals surface area contributed by atoms with Crippen molar-refractivity contribution >= 4 is 23.6 Å².